The summed E-state index contributed by atoms with van der Waals surface area (Å²) in [5.74, 6) is 0.550. The highest BCUT2D eigenvalue weighted by Gasteiger charge is 2.13. The van der Waals surface area contributed by atoms with Crippen LogP contribution in [0.25, 0.3) is 11.3 Å². The Hall–Kier alpha value is -3.21. The molecule has 3 rings (SSSR count). The van der Waals surface area contributed by atoms with Gasteiger partial charge in [-0.3, -0.25) is 14.2 Å². The fourth-order valence-electron chi connectivity index (χ4n) is 3.02. The molecule has 0 radical (unpaired) electrons. The van der Waals surface area contributed by atoms with Gasteiger partial charge in [-0.05, 0) is 24.5 Å². The molecule has 2 aromatic carbocycles. The number of anilines is 1. The van der Waals surface area contributed by atoms with Crippen LogP contribution < -0.4 is 10.9 Å². The predicted molar refractivity (Wildman–Crippen MR) is 108 cm³/mol. The number of hydrogen-bond acceptors (Lipinski definition) is 3. The number of amides is 1. The Morgan fingerprint density at radius 2 is 1.74 bits per heavy atom. The summed E-state index contributed by atoms with van der Waals surface area (Å²) in [6, 6.07) is 18.7. The van der Waals surface area contributed by atoms with Crippen LogP contribution in [0, 0.1) is 6.92 Å². The van der Waals surface area contributed by atoms with Crippen molar-refractivity contribution in [3.8, 4) is 11.3 Å². The summed E-state index contributed by atoms with van der Waals surface area (Å²) < 4.78 is 1.39. The molecular weight excluding hydrogens is 338 g/mol. The van der Waals surface area contributed by atoms with Crippen LogP contribution in [0.5, 0.6) is 0 Å². The summed E-state index contributed by atoms with van der Waals surface area (Å²) in [7, 11) is 0. The van der Waals surface area contributed by atoms with Crippen LogP contribution >= 0.6 is 0 Å². The maximum Gasteiger partial charge on any atom is 0.254 e. The molecule has 0 aliphatic heterocycles. The minimum absolute atomic E-state index is 0.0703. The minimum Gasteiger partial charge on any atom is -0.324 e. The molecule has 5 nitrogen and oxygen atoms in total. The lowest BCUT2D eigenvalue weighted by Gasteiger charge is -2.15. The van der Waals surface area contributed by atoms with E-state index in [0.717, 1.165) is 16.8 Å². The Morgan fingerprint density at radius 1 is 1.07 bits per heavy atom. The Balaban J connectivity index is 1.82. The van der Waals surface area contributed by atoms with Crippen molar-refractivity contribution in [2.75, 3.05) is 5.32 Å². The number of carbonyl (C=O) groups is 1. The van der Waals surface area contributed by atoms with E-state index in [1.54, 1.807) is 6.92 Å². The smallest absolute Gasteiger partial charge is 0.254 e. The van der Waals surface area contributed by atoms with Gasteiger partial charge >= 0.3 is 0 Å². The molecule has 0 saturated heterocycles. The van der Waals surface area contributed by atoms with Crippen molar-refractivity contribution < 1.29 is 4.79 Å². The third kappa shape index (κ3) is 4.31. The van der Waals surface area contributed by atoms with Gasteiger partial charge in [-0.25, -0.2) is 4.98 Å². The average molecular weight is 361 g/mol. The summed E-state index contributed by atoms with van der Waals surface area (Å²) in [6.45, 7) is 5.82. The van der Waals surface area contributed by atoms with E-state index in [4.69, 9.17) is 0 Å². The Kier molecular flexibility index (Phi) is 5.50. The van der Waals surface area contributed by atoms with Crippen LogP contribution in [-0.2, 0) is 11.3 Å². The monoisotopic (exact) mass is 361 g/mol. The number of para-hydroxylation sites is 1. The molecule has 0 unspecified atom stereocenters. The number of rotatable bonds is 5. The van der Waals surface area contributed by atoms with Gasteiger partial charge in [-0.15, -0.1) is 0 Å². The number of nitrogens with zero attached hydrogens (tertiary/aromatic N) is 2. The van der Waals surface area contributed by atoms with Crippen LogP contribution in [-0.4, -0.2) is 15.5 Å². The molecule has 1 heterocycles. The zero-order chi connectivity index (χ0) is 19.4. The lowest BCUT2D eigenvalue weighted by atomic mass is 10.0. The number of hydrogen-bond donors (Lipinski definition) is 1. The van der Waals surface area contributed by atoms with Gasteiger partial charge in [0, 0.05) is 17.3 Å². The lowest BCUT2D eigenvalue weighted by Crippen LogP contribution is -2.30. The molecular formula is C22H23N3O2. The molecule has 5 heteroatoms. The molecule has 0 saturated carbocycles. The Labute approximate surface area is 158 Å². The van der Waals surface area contributed by atoms with Gasteiger partial charge in [0.25, 0.3) is 5.56 Å². The normalized spacial score (nSPS) is 10.8. The highest BCUT2D eigenvalue weighted by atomic mass is 16.2. The second-order valence-electron chi connectivity index (χ2n) is 6.77. The first kappa shape index (κ1) is 18.6. The fourth-order valence-corrected chi connectivity index (χ4v) is 3.02. The van der Waals surface area contributed by atoms with Crippen molar-refractivity contribution >= 4 is 11.6 Å². The van der Waals surface area contributed by atoms with Gasteiger partial charge < -0.3 is 5.32 Å². The molecule has 0 fully saturated rings. The van der Waals surface area contributed by atoms with Crippen LogP contribution in [0.4, 0.5) is 5.69 Å². The topological polar surface area (TPSA) is 64.0 Å². The van der Waals surface area contributed by atoms with Gasteiger partial charge in [0.15, 0.2) is 0 Å². The van der Waals surface area contributed by atoms with Gasteiger partial charge in [-0.1, -0.05) is 62.4 Å². The van der Waals surface area contributed by atoms with Crippen LogP contribution in [0.1, 0.15) is 31.2 Å². The zero-order valence-corrected chi connectivity index (χ0v) is 15.8. The molecule has 3 aromatic rings. The predicted octanol–water partition coefficient (Wildman–Crippen LogP) is 3.98. The zero-order valence-electron chi connectivity index (χ0n) is 15.8. The highest BCUT2D eigenvalue weighted by Crippen LogP contribution is 2.23. The van der Waals surface area contributed by atoms with Crippen molar-refractivity contribution in [1.29, 1.82) is 0 Å². The summed E-state index contributed by atoms with van der Waals surface area (Å²) in [5, 5.41) is 2.91. The van der Waals surface area contributed by atoms with E-state index in [2.05, 4.69) is 24.1 Å². The summed E-state index contributed by atoms with van der Waals surface area (Å²) in [6.07, 6.45) is 0. The molecule has 27 heavy (non-hydrogen) atoms. The van der Waals surface area contributed by atoms with Crippen molar-refractivity contribution in [3.63, 3.8) is 0 Å². The largest absolute Gasteiger partial charge is 0.324 e. The van der Waals surface area contributed by atoms with Crippen molar-refractivity contribution in [2.24, 2.45) is 0 Å². The van der Waals surface area contributed by atoms with E-state index in [9.17, 15) is 9.59 Å². The second kappa shape index (κ2) is 7.99. The summed E-state index contributed by atoms with van der Waals surface area (Å²) in [4.78, 5) is 29.6. The molecule has 1 amide bonds. The number of aryl methyl sites for hydroxylation is 1. The molecule has 0 aliphatic carbocycles. The van der Waals surface area contributed by atoms with Gasteiger partial charge in [0.1, 0.15) is 12.4 Å². The average Bonchev–Trinajstić information content (AvgIpc) is 2.65. The summed E-state index contributed by atoms with van der Waals surface area (Å²) >= 11 is 0. The molecule has 0 aliphatic rings. The minimum atomic E-state index is -0.248. The second-order valence-corrected chi connectivity index (χ2v) is 6.77. The van der Waals surface area contributed by atoms with E-state index in [1.807, 2.05) is 54.6 Å². The molecule has 138 valence electrons. The van der Waals surface area contributed by atoms with Crippen molar-refractivity contribution in [2.45, 2.75) is 33.2 Å². The molecule has 0 spiro atoms. The number of benzene rings is 2. The van der Waals surface area contributed by atoms with E-state index in [-0.39, 0.29) is 23.9 Å². The van der Waals surface area contributed by atoms with Crippen molar-refractivity contribution in [3.05, 3.63) is 82.4 Å². The van der Waals surface area contributed by atoms with Gasteiger partial charge in [0.2, 0.25) is 5.91 Å². The van der Waals surface area contributed by atoms with Gasteiger partial charge in [-0.2, -0.15) is 0 Å². The SMILES string of the molecule is Cc1nc(-c2ccccc2)cc(=O)n1CC(=O)Nc1ccccc1C(C)C. The number of carbonyl (C=O) groups excluding carboxylic acids is 1. The highest BCUT2D eigenvalue weighted by molar-refractivity contribution is 5.91. The van der Waals surface area contributed by atoms with E-state index < -0.39 is 0 Å². The van der Waals surface area contributed by atoms with E-state index >= 15 is 0 Å². The fraction of sp³-hybridized carbons (Fsp3) is 0.227. The first-order valence-electron chi connectivity index (χ1n) is 8.98. The summed E-state index contributed by atoms with van der Waals surface area (Å²) in [5.41, 5.74) is 3.08. The molecule has 1 N–H and O–H groups in total. The maximum absolute atomic E-state index is 12.5. The number of aromatic nitrogens is 2. The van der Waals surface area contributed by atoms with E-state index in [0.29, 0.717) is 11.5 Å². The maximum atomic E-state index is 12.5. The Morgan fingerprint density at radius 3 is 2.41 bits per heavy atom. The van der Waals surface area contributed by atoms with E-state index in [1.165, 1.54) is 10.6 Å². The van der Waals surface area contributed by atoms with Crippen molar-refractivity contribution in [1.82, 2.24) is 9.55 Å². The molecule has 1 aromatic heterocycles. The molecule has 0 bridgehead atoms. The van der Waals surface area contributed by atoms with Gasteiger partial charge in [0.05, 0.1) is 5.69 Å². The van der Waals surface area contributed by atoms with Crippen LogP contribution in [0.15, 0.2) is 65.5 Å². The first-order valence-corrected chi connectivity index (χ1v) is 8.98. The standard InChI is InChI=1S/C22H23N3O2/c1-15(2)18-11-7-8-12-19(18)24-21(26)14-25-16(3)23-20(13-22(25)27)17-9-5-4-6-10-17/h4-13,15H,14H2,1-3H3,(H,24,26). The third-order valence-electron chi connectivity index (χ3n) is 4.43. The molecule has 0 atom stereocenters. The number of nitrogens with one attached hydrogen (secondary N) is 1. The lowest BCUT2D eigenvalue weighted by molar-refractivity contribution is -0.116. The first-order chi connectivity index (χ1) is 13.0. The van der Waals surface area contributed by atoms with Crippen LogP contribution in [0.2, 0.25) is 0 Å². The third-order valence-corrected chi connectivity index (χ3v) is 4.43. The Bertz CT molecular complexity index is 1010. The van der Waals surface area contributed by atoms with Crippen LogP contribution in [0.3, 0.4) is 0 Å². The quantitative estimate of drug-likeness (QED) is 0.747.